The summed E-state index contributed by atoms with van der Waals surface area (Å²) in [7, 11) is 0. The van der Waals surface area contributed by atoms with Crippen molar-refractivity contribution in [2.24, 2.45) is 5.92 Å². The molecule has 0 aliphatic heterocycles. The molecule has 112 valence electrons. The summed E-state index contributed by atoms with van der Waals surface area (Å²) in [5.74, 6) is 1.56. The van der Waals surface area contributed by atoms with Crippen LogP contribution < -0.4 is 5.32 Å². The van der Waals surface area contributed by atoms with Crippen LogP contribution in [0.3, 0.4) is 0 Å². The second-order valence-corrected chi connectivity index (χ2v) is 6.17. The smallest absolute Gasteiger partial charge is 0.165 e. The van der Waals surface area contributed by atoms with Crippen molar-refractivity contribution in [3.63, 3.8) is 0 Å². The maximum atomic E-state index is 4.25. The van der Waals surface area contributed by atoms with Crippen molar-refractivity contribution in [3.8, 4) is 0 Å². The lowest BCUT2D eigenvalue weighted by molar-refractivity contribution is 0.419. The molecule has 0 bridgehead atoms. The van der Waals surface area contributed by atoms with Crippen molar-refractivity contribution < 1.29 is 0 Å². The molecule has 1 aliphatic rings. The number of aryl methyl sites for hydroxylation is 1. The van der Waals surface area contributed by atoms with Gasteiger partial charge in [-0.1, -0.05) is 38.1 Å². The predicted molar refractivity (Wildman–Crippen MR) is 81.9 cm³/mol. The van der Waals surface area contributed by atoms with Gasteiger partial charge in [0.05, 0.1) is 12.6 Å². The number of rotatable bonds is 5. The average molecular weight is 285 g/mol. The molecule has 1 aliphatic carbocycles. The van der Waals surface area contributed by atoms with E-state index in [4.69, 9.17) is 0 Å². The molecule has 21 heavy (non-hydrogen) atoms. The van der Waals surface area contributed by atoms with Crippen molar-refractivity contribution >= 4 is 0 Å². The lowest BCUT2D eigenvalue weighted by Gasteiger charge is -2.26. The van der Waals surface area contributed by atoms with E-state index in [2.05, 4.69) is 59.0 Å². The Morgan fingerprint density at radius 1 is 1.33 bits per heavy atom. The van der Waals surface area contributed by atoms with Gasteiger partial charge in [-0.3, -0.25) is 0 Å². The van der Waals surface area contributed by atoms with Gasteiger partial charge in [0.15, 0.2) is 5.82 Å². The Labute approximate surface area is 125 Å². The molecule has 0 saturated carbocycles. The van der Waals surface area contributed by atoms with Gasteiger partial charge in [0.25, 0.3) is 0 Å². The summed E-state index contributed by atoms with van der Waals surface area (Å²) in [4.78, 5) is 0. The fraction of sp³-hybridized carbons (Fsp3) is 0.562. The van der Waals surface area contributed by atoms with Crippen molar-refractivity contribution in [3.05, 3.63) is 41.2 Å². The number of benzene rings is 1. The average Bonchev–Trinajstić information content (AvgIpc) is 2.94. The minimum atomic E-state index is 0.279. The van der Waals surface area contributed by atoms with E-state index in [0.29, 0.717) is 5.92 Å². The molecule has 1 aromatic heterocycles. The van der Waals surface area contributed by atoms with Crippen LogP contribution in [0.15, 0.2) is 24.3 Å². The van der Waals surface area contributed by atoms with Crippen molar-refractivity contribution in [1.29, 1.82) is 0 Å². The van der Waals surface area contributed by atoms with E-state index in [-0.39, 0.29) is 6.04 Å². The molecule has 1 atom stereocenters. The second kappa shape index (κ2) is 6.35. The Bertz CT molecular complexity index is 590. The SMILES string of the molecule is CC(C)CNCc1nnnn1C1CCCc2ccccc21. The molecule has 0 amide bonds. The Morgan fingerprint density at radius 2 is 2.19 bits per heavy atom. The van der Waals surface area contributed by atoms with E-state index < -0.39 is 0 Å². The van der Waals surface area contributed by atoms with E-state index in [1.54, 1.807) is 0 Å². The third-order valence-corrected chi connectivity index (χ3v) is 4.03. The minimum absolute atomic E-state index is 0.279. The number of hydrogen-bond acceptors (Lipinski definition) is 4. The third kappa shape index (κ3) is 3.13. The summed E-state index contributed by atoms with van der Waals surface area (Å²) in [5.41, 5.74) is 2.81. The summed E-state index contributed by atoms with van der Waals surface area (Å²) >= 11 is 0. The highest BCUT2D eigenvalue weighted by Gasteiger charge is 2.24. The number of aromatic nitrogens is 4. The van der Waals surface area contributed by atoms with E-state index in [9.17, 15) is 0 Å². The molecule has 5 nitrogen and oxygen atoms in total. The van der Waals surface area contributed by atoms with E-state index in [1.165, 1.54) is 17.5 Å². The number of nitrogens with zero attached hydrogens (tertiary/aromatic N) is 4. The van der Waals surface area contributed by atoms with Crippen LogP contribution in [0.25, 0.3) is 0 Å². The number of tetrazole rings is 1. The van der Waals surface area contributed by atoms with Crippen LogP contribution in [0, 0.1) is 5.92 Å². The van der Waals surface area contributed by atoms with Crippen LogP contribution >= 0.6 is 0 Å². The molecule has 0 saturated heterocycles. The quantitative estimate of drug-likeness (QED) is 0.916. The highest BCUT2D eigenvalue weighted by molar-refractivity contribution is 5.32. The van der Waals surface area contributed by atoms with Gasteiger partial charge in [-0.05, 0) is 53.3 Å². The molecule has 1 N–H and O–H groups in total. The second-order valence-electron chi connectivity index (χ2n) is 6.17. The zero-order valence-electron chi connectivity index (χ0n) is 12.8. The number of hydrogen-bond donors (Lipinski definition) is 1. The van der Waals surface area contributed by atoms with Crippen molar-refractivity contribution in [1.82, 2.24) is 25.5 Å². The standard InChI is InChI=1S/C16H23N5/c1-12(2)10-17-11-16-18-19-20-21(16)15-9-5-7-13-6-3-4-8-14(13)15/h3-4,6,8,12,15,17H,5,7,9-11H2,1-2H3. The van der Waals surface area contributed by atoms with Crippen LogP contribution in [0.2, 0.25) is 0 Å². The molecule has 0 radical (unpaired) electrons. The van der Waals surface area contributed by atoms with E-state index >= 15 is 0 Å². The van der Waals surface area contributed by atoms with E-state index in [1.807, 2.05) is 4.68 Å². The maximum Gasteiger partial charge on any atom is 0.165 e. The van der Waals surface area contributed by atoms with Gasteiger partial charge in [0.2, 0.25) is 0 Å². The third-order valence-electron chi connectivity index (χ3n) is 4.03. The molecule has 5 heteroatoms. The topological polar surface area (TPSA) is 55.6 Å². The van der Waals surface area contributed by atoms with Gasteiger partial charge in [-0.15, -0.1) is 5.10 Å². The maximum absolute atomic E-state index is 4.25. The molecule has 3 rings (SSSR count). The molecule has 1 heterocycles. The van der Waals surface area contributed by atoms with E-state index in [0.717, 1.165) is 31.8 Å². The van der Waals surface area contributed by atoms with Crippen LogP contribution in [-0.2, 0) is 13.0 Å². The molecule has 0 fully saturated rings. The fourth-order valence-electron chi connectivity index (χ4n) is 3.03. The normalized spacial score (nSPS) is 18.0. The summed E-state index contributed by atoms with van der Waals surface area (Å²) in [6, 6.07) is 8.94. The summed E-state index contributed by atoms with van der Waals surface area (Å²) in [6.07, 6.45) is 3.47. The van der Waals surface area contributed by atoms with Gasteiger partial charge in [0, 0.05) is 0 Å². The largest absolute Gasteiger partial charge is 0.310 e. The zero-order chi connectivity index (χ0) is 14.7. The van der Waals surface area contributed by atoms with Gasteiger partial charge >= 0.3 is 0 Å². The number of fused-ring (bicyclic) bond motifs is 1. The molecular formula is C16H23N5. The minimum Gasteiger partial charge on any atom is -0.310 e. The first-order valence-corrected chi connectivity index (χ1v) is 7.81. The van der Waals surface area contributed by atoms with Crippen molar-refractivity contribution in [2.45, 2.75) is 45.7 Å². The van der Waals surface area contributed by atoms with Crippen LogP contribution in [-0.4, -0.2) is 26.8 Å². The lowest BCUT2D eigenvalue weighted by Crippen LogP contribution is -2.25. The van der Waals surface area contributed by atoms with Crippen molar-refractivity contribution in [2.75, 3.05) is 6.54 Å². The Hall–Kier alpha value is -1.75. The van der Waals surface area contributed by atoms with Crippen LogP contribution in [0.1, 0.15) is 49.7 Å². The monoisotopic (exact) mass is 285 g/mol. The van der Waals surface area contributed by atoms with Crippen LogP contribution in [0.5, 0.6) is 0 Å². The van der Waals surface area contributed by atoms with Gasteiger partial charge in [-0.25, -0.2) is 4.68 Å². The summed E-state index contributed by atoms with van der Waals surface area (Å²) < 4.78 is 2.01. The number of nitrogens with one attached hydrogen (secondary N) is 1. The highest BCUT2D eigenvalue weighted by atomic mass is 15.6. The van der Waals surface area contributed by atoms with Gasteiger partial charge in [-0.2, -0.15) is 0 Å². The zero-order valence-corrected chi connectivity index (χ0v) is 12.8. The predicted octanol–water partition coefficient (Wildman–Crippen LogP) is 2.34. The summed E-state index contributed by atoms with van der Waals surface area (Å²) in [6.45, 7) is 6.11. The molecule has 1 aromatic carbocycles. The molecule has 2 aromatic rings. The van der Waals surface area contributed by atoms with Crippen LogP contribution in [0.4, 0.5) is 0 Å². The molecule has 0 spiro atoms. The first-order valence-electron chi connectivity index (χ1n) is 7.81. The molecule has 1 unspecified atom stereocenters. The fourth-order valence-corrected chi connectivity index (χ4v) is 3.03. The first-order chi connectivity index (χ1) is 10.3. The van der Waals surface area contributed by atoms with Gasteiger partial charge in [0.1, 0.15) is 0 Å². The molecular weight excluding hydrogens is 262 g/mol. The Morgan fingerprint density at radius 3 is 3.05 bits per heavy atom. The van der Waals surface area contributed by atoms with Gasteiger partial charge < -0.3 is 5.32 Å². The summed E-state index contributed by atoms with van der Waals surface area (Å²) in [5, 5.41) is 15.8. The Balaban J connectivity index is 1.80. The highest BCUT2D eigenvalue weighted by Crippen LogP contribution is 2.32. The lowest BCUT2D eigenvalue weighted by atomic mass is 9.88. The Kier molecular flexibility index (Phi) is 4.29. The first kappa shape index (κ1) is 14.2.